The fourth-order valence-corrected chi connectivity index (χ4v) is 1.79. The van der Waals surface area contributed by atoms with Crippen LogP contribution in [-0.4, -0.2) is 31.1 Å². The van der Waals surface area contributed by atoms with Gasteiger partial charge in [0.2, 0.25) is 0 Å². The van der Waals surface area contributed by atoms with Crippen LogP contribution >= 0.6 is 15.9 Å². The van der Waals surface area contributed by atoms with E-state index in [1.807, 2.05) is 24.3 Å². The Labute approximate surface area is 100 Å². The number of nitrogens with zero attached hydrogens (tertiary/aromatic N) is 1. The van der Waals surface area contributed by atoms with Crippen LogP contribution in [0.15, 0.2) is 28.7 Å². The Balaban J connectivity index is 2.34. The molecule has 0 aliphatic rings. The van der Waals surface area contributed by atoms with Gasteiger partial charge in [-0.2, -0.15) is 0 Å². The quantitative estimate of drug-likeness (QED) is 0.788. The third-order valence-electron chi connectivity index (χ3n) is 2.40. The molecule has 0 spiro atoms. The molecule has 0 amide bonds. The molecule has 0 saturated carbocycles. The van der Waals surface area contributed by atoms with Gasteiger partial charge in [-0.15, -0.1) is 0 Å². The number of para-hydroxylation sites is 1. The van der Waals surface area contributed by atoms with E-state index < -0.39 is 0 Å². The van der Waals surface area contributed by atoms with Crippen LogP contribution in [-0.2, 0) is 0 Å². The topological polar surface area (TPSA) is 12.5 Å². The summed E-state index contributed by atoms with van der Waals surface area (Å²) in [6.07, 6.45) is 0. The molecule has 3 heteroatoms. The fraction of sp³-hybridized carbons (Fsp3) is 0.500. The van der Waals surface area contributed by atoms with Crippen LogP contribution in [0.25, 0.3) is 0 Å². The van der Waals surface area contributed by atoms with Crippen LogP contribution in [0.5, 0.6) is 5.75 Å². The lowest BCUT2D eigenvalue weighted by atomic mass is 10.3. The summed E-state index contributed by atoms with van der Waals surface area (Å²) in [4.78, 5) is 2.34. The molecule has 0 aliphatic carbocycles. The zero-order valence-electron chi connectivity index (χ0n) is 9.37. The van der Waals surface area contributed by atoms with Crippen molar-refractivity contribution in [3.63, 3.8) is 0 Å². The van der Waals surface area contributed by atoms with Crippen molar-refractivity contribution in [1.29, 1.82) is 0 Å². The van der Waals surface area contributed by atoms with Gasteiger partial charge in [0.25, 0.3) is 0 Å². The van der Waals surface area contributed by atoms with Gasteiger partial charge in [0.1, 0.15) is 12.4 Å². The first-order chi connectivity index (χ1) is 7.27. The first-order valence-electron chi connectivity index (χ1n) is 5.37. The number of ether oxygens (including phenoxy) is 1. The molecule has 0 aliphatic heterocycles. The highest BCUT2D eigenvalue weighted by Crippen LogP contribution is 2.23. The number of hydrogen-bond acceptors (Lipinski definition) is 2. The molecule has 0 N–H and O–H groups in total. The number of rotatable bonds is 6. The lowest BCUT2D eigenvalue weighted by Crippen LogP contribution is -2.27. The van der Waals surface area contributed by atoms with E-state index >= 15 is 0 Å². The Morgan fingerprint density at radius 2 is 1.87 bits per heavy atom. The van der Waals surface area contributed by atoms with E-state index in [2.05, 4.69) is 34.7 Å². The minimum atomic E-state index is 0.740. The van der Waals surface area contributed by atoms with Gasteiger partial charge in [-0.1, -0.05) is 26.0 Å². The maximum absolute atomic E-state index is 5.68. The van der Waals surface area contributed by atoms with Crippen molar-refractivity contribution in [3.8, 4) is 5.75 Å². The molecule has 2 nitrogen and oxygen atoms in total. The molecule has 0 fully saturated rings. The summed E-state index contributed by atoms with van der Waals surface area (Å²) in [6.45, 7) is 8.22. The molecule has 0 saturated heterocycles. The summed E-state index contributed by atoms with van der Waals surface area (Å²) in [5.74, 6) is 0.921. The van der Waals surface area contributed by atoms with Crippen molar-refractivity contribution >= 4 is 15.9 Å². The first kappa shape index (κ1) is 12.5. The fourth-order valence-electron chi connectivity index (χ4n) is 1.39. The molecule has 1 aromatic carbocycles. The SMILES string of the molecule is CCN(CC)CCOc1ccccc1Br. The van der Waals surface area contributed by atoms with Gasteiger partial charge in [-0.3, -0.25) is 0 Å². The Morgan fingerprint density at radius 1 is 1.20 bits per heavy atom. The van der Waals surface area contributed by atoms with Crippen molar-refractivity contribution in [2.24, 2.45) is 0 Å². The normalized spacial score (nSPS) is 10.7. The maximum Gasteiger partial charge on any atom is 0.133 e. The molecule has 0 heterocycles. The summed E-state index contributed by atoms with van der Waals surface area (Å²) < 4.78 is 6.70. The van der Waals surface area contributed by atoms with E-state index in [1.165, 1.54) is 0 Å². The summed E-state index contributed by atoms with van der Waals surface area (Å²) in [5.41, 5.74) is 0. The van der Waals surface area contributed by atoms with Crippen LogP contribution in [0.2, 0.25) is 0 Å². The minimum Gasteiger partial charge on any atom is -0.491 e. The lowest BCUT2D eigenvalue weighted by molar-refractivity contribution is 0.222. The first-order valence-corrected chi connectivity index (χ1v) is 6.17. The molecule has 1 rings (SSSR count). The second-order valence-corrected chi connectivity index (χ2v) is 4.16. The summed E-state index contributed by atoms with van der Waals surface area (Å²) in [6, 6.07) is 7.94. The number of hydrogen-bond donors (Lipinski definition) is 0. The van der Waals surface area contributed by atoms with Crippen molar-refractivity contribution in [2.75, 3.05) is 26.2 Å². The number of halogens is 1. The molecule has 0 atom stereocenters. The van der Waals surface area contributed by atoms with E-state index in [0.29, 0.717) is 0 Å². The zero-order valence-corrected chi connectivity index (χ0v) is 11.0. The third kappa shape index (κ3) is 4.22. The van der Waals surface area contributed by atoms with Gasteiger partial charge >= 0.3 is 0 Å². The molecule has 15 heavy (non-hydrogen) atoms. The van der Waals surface area contributed by atoms with Crippen LogP contribution in [0, 0.1) is 0 Å². The number of likely N-dealkylation sites (N-methyl/N-ethyl adjacent to an activating group) is 1. The van der Waals surface area contributed by atoms with Crippen molar-refractivity contribution < 1.29 is 4.74 Å². The standard InChI is InChI=1S/C12H18BrNO/c1-3-14(4-2)9-10-15-12-8-6-5-7-11(12)13/h5-8H,3-4,9-10H2,1-2H3. The molecular formula is C12H18BrNO. The lowest BCUT2D eigenvalue weighted by Gasteiger charge is -2.18. The third-order valence-corrected chi connectivity index (χ3v) is 3.05. The van der Waals surface area contributed by atoms with E-state index in [9.17, 15) is 0 Å². The van der Waals surface area contributed by atoms with Crippen molar-refractivity contribution in [2.45, 2.75) is 13.8 Å². The monoisotopic (exact) mass is 271 g/mol. The van der Waals surface area contributed by atoms with Gasteiger partial charge < -0.3 is 9.64 Å². The number of benzene rings is 1. The molecule has 0 bridgehead atoms. The van der Waals surface area contributed by atoms with E-state index in [-0.39, 0.29) is 0 Å². The molecular weight excluding hydrogens is 254 g/mol. The highest BCUT2D eigenvalue weighted by atomic mass is 79.9. The van der Waals surface area contributed by atoms with Crippen LogP contribution in [0.3, 0.4) is 0 Å². The average Bonchev–Trinajstić information content (AvgIpc) is 2.27. The van der Waals surface area contributed by atoms with E-state index in [0.717, 1.165) is 36.5 Å². The van der Waals surface area contributed by atoms with Gasteiger partial charge in [-0.05, 0) is 41.2 Å². The largest absolute Gasteiger partial charge is 0.491 e. The molecule has 0 unspecified atom stereocenters. The predicted molar refractivity (Wildman–Crippen MR) is 67.4 cm³/mol. The van der Waals surface area contributed by atoms with Gasteiger partial charge in [-0.25, -0.2) is 0 Å². The molecule has 84 valence electrons. The van der Waals surface area contributed by atoms with Gasteiger partial charge in [0.15, 0.2) is 0 Å². The Bertz CT molecular complexity index is 287. The Morgan fingerprint density at radius 3 is 2.47 bits per heavy atom. The van der Waals surface area contributed by atoms with Crippen LogP contribution in [0.1, 0.15) is 13.8 Å². The van der Waals surface area contributed by atoms with E-state index in [1.54, 1.807) is 0 Å². The Hall–Kier alpha value is -0.540. The molecule has 1 aromatic rings. The van der Waals surface area contributed by atoms with Crippen LogP contribution < -0.4 is 4.74 Å². The van der Waals surface area contributed by atoms with Crippen molar-refractivity contribution in [1.82, 2.24) is 4.90 Å². The highest BCUT2D eigenvalue weighted by Gasteiger charge is 2.01. The minimum absolute atomic E-state index is 0.740. The molecule has 0 aromatic heterocycles. The zero-order chi connectivity index (χ0) is 11.1. The Kier molecular flexibility index (Phi) is 5.73. The summed E-state index contributed by atoms with van der Waals surface area (Å²) in [5, 5.41) is 0. The van der Waals surface area contributed by atoms with Crippen molar-refractivity contribution in [3.05, 3.63) is 28.7 Å². The van der Waals surface area contributed by atoms with Gasteiger partial charge in [0.05, 0.1) is 4.47 Å². The molecule has 0 radical (unpaired) electrons. The maximum atomic E-state index is 5.68. The van der Waals surface area contributed by atoms with E-state index in [4.69, 9.17) is 4.74 Å². The average molecular weight is 272 g/mol. The smallest absolute Gasteiger partial charge is 0.133 e. The second-order valence-electron chi connectivity index (χ2n) is 3.31. The second kappa shape index (κ2) is 6.85. The van der Waals surface area contributed by atoms with Crippen LogP contribution in [0.4, 0.5) is 0 Å². The predicted octanol–water partition coefficient (Wildman–Crippen LogP) is 3.17. The summed E-state index contributed by atoms with van der Waals surface area (Å²) in [7, 11) is 0. The summed E-state index contributed by atoms with van der Waals surface area (Å²) >= 11 is 3.46. The highest BCUT2D eigenvalue weighted by molar-refractivity contribution is 9.10. The van der Waals surface area contributed by atoms with Gasteiger partial charge in [0, 0.05) is 6.54 Å².